The lowest BCUT2D eigenvalue weighted by Gasteiger charge is -2.06. The molecule has 0 fully saturated rings. The Labute approximate surface area is 99.3 Å². The summed E-state index contributed by atoms with van der Waals surface area (Å²) in [7, 11) is -1.05. The largest absolute Gasteiger partial charge is 0.465 e. The zero-order valence-corrected chi connectivity index (χ0v) is 10.2. The second-order valence-corrected chi connectivity index (χ2v) is 4.15. The van der Waals surface area contributed by atoms with Crippen molar-refractivity contribution in [2.24, 2.45) is 0 Å². The van der Waals surface area contributed by atoms with Crippen LogP contribution in [0.3, 0.4) is 0 Å². The van der Waals surface area contributed by atoms with Crippen molar-refractivity contribution in [1.82, 2.24) is 0 Å². The summed E-state index contributed by atoms with van der Waals surface area (Å²) in [6, 6.07) is 2.93. The van der Waals surface area contributed by atoms with Crippen molar-refractivity contribution < 1.29 is 17.9 Å². The topological polar surface area (TPSA) is 60.4 Å². The fourth-order valence-corrected chi connectivity index (χ4v) is 1.91. The fourth-order valence-electron chi connectivity index (χ4n) is 1.20. The minimum Gasteiger partial charge on any atom is -0.465 e. The van der Waals surface area contributed by atoms with Crippen molar-refractivity contribution >= 4 is 33.2 Å². The lowest BCUT2D eigenvalue weighted by Crippen LogP contribution is -2.04. The number of hydrogen-bond acceptors (Lipinski definition) is 4. The van der Waals surface area contributed by atoms with Crippen molar-refractivity contribution in [2.75, 3.05) is 7.11 Å². The van der Waals surface area contributed by atoms with Crippen molar-refractivity contribution in [3.05, 3.63) is 33.8 Å². The first-order valence-corrected chi connectivity index (χ1v) is 5.79. The zero-order valence-electron chi connectivity index (χ0n) is 8.65. The molecule has 0 aliphatic carbocycles. The first-order chi connectivity index (χ1) is 7.47. The summed E-state index contributed by atoms with van der Waals surface area (Å²) < 4.78 is 25.6. The van der Waals surface area contributed by atoms with Crippen LogP contribution in [0.5, 0.6) is 0 Å². The van der Waals surface area contributed by atoms with Crippen molar-refractivity contribution in [2.45, 2.75) is 6.92 Å². The summed E-state index contributed by atoms with van der Waals surface area (Å²) in [5.74, 6) is -0.553. The number of carbonyl (C=O) groups excluding carboxylic acids is 1. The highest BCUT2D eigenvalue weighted by Crippen LogP contribution is 2.23. The van der Waals surface area contributed by atoms with Gasteiger partial charge in [0.25, 0.3) is 0 Å². The highest BCUT2D eigenvalue weighted by Gasteiger charge is 2.13. The van der Waals surface area contributed by atoms with Crippen LogP contribution < -0.4 is 0 Å². The van der Waals surface area contributed by atoms with E-state index in [0.29, 0.717) is 11.1 Å². The molecule has 0 unspecified atom stereocenters. The SMILES string of the molecule is COC(=O)c1ccc(C=S(=O)=O)c(C)c1Cl. The molecule has 0 saturated carbocycles. The predicted molar refractivity (Wildman–Crippen MR) is 61.6 cm³/mol. The Hall–Kier alpha value is -1.33. The van der Waals surface area contributed by atoms with Crippen LogP contribution in [0.4, 0.5) is 0 Å². The molecule has 16 heavy (non-hydrogen) atoms. The summed E-state index contributed by atoms with van der Waals surface area (Å²) in [5.41, 5.74) is 1.19. The maximum absolute atomic E-state index is 11.3. The van der Waals surface area contributed by atoms with Crippen LogP contribution in [-0.4, -0.2) is 26.9 Å². The molecule has 4 nitrogen and oxygen atoms in total. The molecule has 0 saturated heterocycles. The number of esters is 1. The van der Waals surface area contributed by atoms with E-state index in [-0.39, 0.29) is 10.6 Å². The maximum atomic E-state index is 11.3. The van der Waals surface area contributed by atoms with Crippen molar-refractivity contribution in [1.29, 1.82) is 0 Å². The van der Waals surface area contributed by atoms with E-state index in [0.717, 1.165) is 5.37 Å². The molecule has 0 amide bonds. The number of hydrogen-bond donors (Lipinski definition) is 0. The van der Waals surface area contributed by atoms with Gasteiger partial charge in [0.2, 0.25) is 10.3 Å². The molecule has 0 aliphatic rings. The fraction of sp³-hybridized carbons (Fsp3) is 0.200. The molecule has 1 rings (SSSR count). The maximum Gasteiger partial charge on any atom is 0.339 e. The molecule has 1 aromatic carbocycles. The molecular weight excluding hydrogens is 252 g/mol. The molecule has 0 aliphatic heterocycles. The van der Waals surface area contributed by atoms with Gasteiger partial charge in [-0.05, 0) is 24.1 Å². The van der Waals surface area contributed by atoms with E-state index in [1.165, 1.54) is 19.2 Å². The Morgan fingerprint density at radius 1 is 1.44 bits per heavy atom. The molecule has 0 heterocycles. The van der Waals surface area contributed by atoms with Crippen LogP contribution in [0, 0.1) is 6.92 Å². The van der Waals surface area contributed by atoms with Crippen LogP contribution in [0.1, 0.15) is 21.5 Å². The third-order valence-electron chi connectivity index (χ3n) is 2.06. The van der Waals surface area contributed by atoms with Gasteiger partial charge in [-0.3, -0.25) is 0 Å². The van der Waals surface area contributed by atoms with Crippen LogP contribution in [0.2, 0.25) is 5.02 Å². The standard InChI is InChI=1S/C10H9ClO4S/c1-6-7(5-16(13)14)3-4-8(9(6)11)10(12)15-2/h3-5H,1-2H3. The lowest BCUT2D eigenvalue weighted by molar-refractivity contribution is 0.0601. The third-order valence-corrected chi connectivity index (χ3v) is 2.99. The first kappa shape index (κ1) is 12.7. The minimum absolute atomic E-state index is 0.200. The normalized spacial score (nSPS) is 9.69. The van der Waals surface area contributed by atoms with Crippen LogP contribution in [-0.2, 0) is 15.0 Å². The third kappa shape index (κ3) is 2.62. The number of carbonyl (C=O) groups is 1. The van der Waals surface area contributed by atoms with Gasteiger partial charge >= 0.3 is 5.97 Å². The first-order valence-electron chi connectivity index (χ1n) is 4.27. The molecule has 1 aromatic rings. The average Bonchev–Trinajstić information content (AvgIpc) is 2.23. The predicted octanol–water partition coefficient (Wildman–Crippen LogP) is 1.46. The van der Waals surface area contributed by atoms with Crippen LogP contribution in [0.15, 0.2) is 12.1 Å². The van der Waals surface area contributed by atoms with E-state index in [9.17, 15) is 13.2 Å². The van der Waals surface area contributed by atoms with E-state index in [1.807, 2.05) is 0 Å². The molecule has 0 bridgehead atoms. The highest BCUT2D eigenvalue weighted by atomic mass is 35.5. The molecule has 0 radical (unpaired) electrons. The molecule has 0 spiro atoms. The Bertz CT molecular complexity index is 552. The minimum atomic E-state index is -2.30. The Morgan fingerprint density at radius 3 is 2.56 bits per heavy atom. The summed E-state index contributed by atoms with van der Waals surface area (Å²) in [4.78, 5) is 11.3. The second-order valence-electron chi connectivity index (χ2n) is 3.01. The molecule has 0 N–H and O–H groups in total. The highest BCUT2D eigenvalue weighted by molar-refractivity contribution is 7.71. The van der Waals surface area contributed by atoms with Crippen LogP contribution >= 0.6 is 11.6 Å². The van der Waals surface area contributed by atoms with E-state index < -0.39 is 16.3 Å². The molecule has 6 heteroatoms. The summed E-state index contributed by atoms with van der Waals surface area (Å²) in [6.45, 7) is 1.63. The number of ether oxygens (including phenoxy) is 1. The van der Waals surface area contributed by atoms with Gasteiger partial charge in [0.1, 0.15) is 0 Å². The number of methoxy groups -OCH3 is 1. The lowest BCUT2D eigenvalue weighted by atomic mass is 10.1. The molecule has 86 valence electrons. The van der Waals surface area contributed by atoms with E-state index >= 15 is 0 Å². The van der Waals surface area contributed by atoms with E-state index in [2.05, 4.69) is 4.74 Å². The van der Waals surface area contributed by atoms with Crippen molar-refractivity contribution in [3.8, 4) is 0 Å². The smallest absolute Gasteiger partial charge is 0.339 e. The monoisotopic (exact) mass is 260 g/mol. The summed E-state index contributed by atoms with van der Waals surface area (Å²) in [6.07, 6.45) is 0. The zero-order chi connectivity index (χ0) is 12.3. The molecular formula is C10H9ClO4S. The van der Waals surface area contributed by atoms with Gasteiger partial charge in [0.05, 0.1) is 23.1 Å². The van der Waals surface area contributed by atoms with Gasteiger partial charge in [0.15, 0.2) is 0 Å². The van der Waals surface area contributed by atoms with E-state index in [4.69, 9.17) is 11.6 Å². The van der Waals surface area contributed by atoms with Gasteiger partial charge < -0.3 is 4.74 Å². The Balaban J connectivity index is 3.40. The Kier molecular flexibility index (Phi) is 4.09. The number of rotatable bonds is 2. The Morgan fingerprint density at radius 2 is 2.06 bits per heavy atom. The number of halogens is 1. The summed E-state index contributed by atoms with van der Waals surface area (Å²) >= 11 is 5.93. The van der Waals surface area contributed by atoms with Crippen molar-refractivity contribution in [3.63, 3.8) is 0 Å². The van der Waals surface area contributed by atoms with Gasteiger partial charge in [-0.15, -0.1) is 0 Å². The second kappa shape index (κ2) is 5.14. The summed E-state index contributed by atoms with van der Waals surface area (Å²) in [5, 5.41) is 1.23. The number of benzene rings is 1. The quantitative estimate of drug-likeness (QED) is 0.597. The van der Waals surface area contributed by atoms with Gasteiger partial charge in [-0.1, -0.05) is 17.7 Å². The van der Waals surface area contributed by atoms with Gasteiger partial charge in [-0.2, -0.15) is 8.42 Å². The molecule has 0 atom stereocenters. The molecule has 0 aromatic heterocycles. The van der Waals surface area contributed by atoms with Gasteiger partial charge in [0, 0.05) is 0 Å². The average molecular weight is 261 g/mol. The van der Waals surface area contributed by atoms with E-state index in [1.54, 1.807) is 6.92 Å². The van der Waals surface area contributed by atoms with Gasteiger partial charge in [-0.25, -0.2) is 4.79 Å². The van der Waals surface area contributed by atoms with Crippen LogP contribution in [0.25, 0.3) is 0 Å².